The zero-order valence-electron chi connectivity index (χ0n) is 13.7. The van der Waals surface area contributed by atoms with Crippen LogP contribution in [0.1, 0.15) is 26.2 Å². The molecule has 0 radical (unpaired) electrons. The minimum Gasteiger partial charge on any atom is -0.361 e. The molecule has 0 bridgehead atoms. The molecule has 1 fully saturated rings. The lowest BCUT2D eigenvalue weighted by atomic mass is 10.1. The fourth-order valence-electron chi connectivity index (χ4n) is 2.72. The summed E-state index contributed by atoms with van der Waals surface area (Å²) in [5.41, 5.74) is 0.607. The van der Waals surface area contributed by atoms with E-state index in [1.807, 2.05) is 25.9 Å². The molecule has 122 valence electrons. The molecule has 22 heavy (non-hydrogen) atoms. The normalized spacial score (nSPS) is 16.9. The fraction of sp³-hybridized carbons (Fsp3) is 0.667. The minimum absolute atomic E-state index is 0.102. The number of hydrogen-bond acceptors (Lipinski definition) is 5. The third-order valence-electron chi connectivity index (χ3n) is 3.72. The maximum absolute atomic E-state index is 12.1. The van der Waals surface area contributed by atoms with Crippen LogP contribution in [0.15, 0.2) is 12.5 Å². The molecule has 1 aliphatic rings. The van der Waals surface area contributed by atoms with Gasteiger partial charge in [-0.3, -0.25) is 0 Å². The molecule has 2 rings (SSSR count). The Morgan fingerprint density at radius 3 is 2.77 bits per heavy atom. The van der Waals surface area contributed by atoms with Crippen LogP contribution in [0.25, 0.3) is 0 Å². The third-order valence-corrected chi connectivity index (χ3v) is 3.72. The number of rotatable bonds is 5. The van der Waals surface area contributed by atoms with Gasteiger partial charge in [-0.2, -0.15) is 0 Å². The highest BCUT2D eigenvalue weighted by molar-refractivity contribution is 5.92. The molecule has 1 saturated heterocycles. The molecule has 2 amide bonds. The molecular formula is C15H26N6O. The molecule has 1 atom stereocenters. The number of piperidine rings is 1. The largest absolute Gasteiger partial charge is 0.361 e. The Balaban J connectivity index is 1.84. The maximum atomic E-state index is 12.1. The van der Waals surface area contributed by atoms with Gasteiger partial charge >= 0.3 is 6.03 Å². The minimum atomic E-state index is -0.220. The van der Waals surface area contributed by atoms with Crippen molar-refractivity contribution in [3.05, 3.63) is 12.5 Å². The molecule has 1 aromatic heterocycles. The Hall–Kier alpha value is -1.89. The number of hydrogen-bond donors (Lipinski definition) is 2. The molecular weight excluding hydrogens is 280 g/mol. The van der Waals surface area contributed by atoms with Gasteiger partial charge in [0.25, 0.3) is 0 Å². The number of anilines is 2. The lowest BCUT2D eigenvalue weighted by Crippen LogP contribution is -2.45. The van der Waals surface area contributed by atoms with Crippen LogP contribution in [-0.2, 0) is 0 Å². The molecule has 7 nitrogen and oxygen atoms in total. The van der Waals surface area contributed by atoms with Crippen LogP contribution in [-0.4, -0.2) is 60.7 Å². The Kier molecular flexibility index (Phi) is 5.94. The maximum Gasteiger partial charge on any atom is 0.319 e. The van der Waals surface area contributed by atoms with Crippen molar-refractivity contribution in [1.29, 1.82) is 0 Å². The fourth-order valence-corrected chi connectivity index (χ4v) is 2.72. The second-order valence-electron chi connectivity index (χ2n) is 6.02. The molecule has 0 unspecified atom stereocenters. The van der Waals surface area contributed by atoms with Crippen molar-refractivity contribution in [2.24, 2.45) is 0 Å². The van der Waals surface area contributed by atoms with Crippen molar-refractivity contribution in [1.82, 2.24) is 20.2 Å². The Labute approximate surface area is 132 Å². The van der Waals surface area contributed by atoms with E-state index in [-0.39, 0.29) is 12.1 Å². The topological polar surface area (TPSA) is 73.4 Å². The molecule has 2 N–H and O–H groups in total. The van der Waals surface area contributed by atoms with Crippen LogP contribution in [0, 0.1) is 0 Å². The quantitative estimate of drug-likeness (QED) is 0.863. The van der Waals surface area contributed by atoms with Gasteiger partial charge in [0.2, 0.25) is 0 Å². The van der Waals surface area contributed by atoms with Crippen LogP contribution in [0.3, 0.4) is 0 Å². The van der Waals surface area contributed by atoms with E-state index in [0.29, 0.717) is 11.5 Å². The molecule has 0 saturated carbocycles. The van der Waals surface area contributed by atoms with Gasteiger partial charge in [-0.1, -0.05) is 6.42 Å². The Morgan fingerprint density at radius 2 is 2.09 bits per heavy atom. The smallest absolute Gasteiger partial charge is 0.319 e. The van der Waals surface area contributed by atoms with E-state index in [1.54, 1.807) is 6.20 Å². The summed E-state index contributed by atoms with van der Waals surface area (Å²) in [4.78, 5) is 24.5. The summed E-state index contributed by atoms with van der Waals surface area (Å²) in [5, 5.41) is 5.80. The predicted molar refractivity (Wildman–Crippen MR) is 88.3 cm³/mol. The first-order valence-electron chi connectivity index (χ1n) is 7.83. The average Bonchev–Trinajstić information content (AvgIpc) is 2.48. The van der Waals surface area contributed by atoms with E-state index < -0.39 is 0 Å². The van der Waals surface area contributed by atoms with E-state index in [9.17, 15) is 4.79 Å². The van der Waals surface area contributed by atoms with Crippen molar-refractivity contribution in [3.8, 4) is 0 Å². The monoisotopic (exact) mass is 306 g/mol. The van der Waals surface area contributed by atoms with E-state index in [2.05, 4.69) is 25.5 Å². The van der Waals surface area contributed by atoms with Gasteiger partial charge in [-0.05, 0) is 32.9 Å². The summed E-state index contributed by atoms with van der Waals surface area (Å²) in [7, 11) is 3.76. The van der Waals surface area contributed by atoms with Crippen molar-refractivity contribution in [2.75, 3.05) is 43.9 Å². The van der Waals surface area contributed by atoms with Crippen molar-refractivity contribution >= 4 is 17.5 Å². The summed E-state index contributed by atoms with van der Waals surface area (Å²) < 4.78 is 0. The summed E-state index contributed by atoms with van der Waals surface area (Å²) in [5.74, 6) is 0.689. The number of aromatic nitrogens is 2. The van der Waals surface area contributed by atoms with E-state index >= 15 is 0 Å². The van der Waals surface area contributed by atoms with Gasteiger partial charge in [-0.25, -0.2) is 14.8 Å². The van der Waals surface area contributed by atoms with Crippen LogP contribution in [0.5, 0.6) is 0 Å². The van der Waals surface area contributed by atoms with Crippen LogP contribution >= 0.6 is 0 Å². The van der Waals surface area contributed by atoms with Gasteiger partial charge in [0.05, 0.1) is 6.20 Å². The van der Waals surface area contributed by atoms with Crippen LogP contribution in [0.4, 0.5) is 16.3 Å². The number of nitrogens with zero attached hydrogens (tertiary/aromatic N) is 4. The zero-order valence-corrected chi connectivity index (χ0v) is 13.7. The predicted octanol–water partition coefficient (Wildman–Crippen LogP) is 1.54. The Morgan fingerprint density at radius 1 is 1.36 bits per heavy atom. The summed E-state index contributed by atoms with van der Waals surface area (Å²) in [6.45, 7) is 5.18. The van der Waals surface area contributed by atoms with Gasteiger partial charge in [0.15, 0.2) is 5.82 Å². The number of carbonyl (C=O) groups is 1. The number of urea groups is 1. The highest BCUT2D eigenvalue weighted by Gasteiger charge is 2.16. The first-order chi connectivity index (χ1) is 10.6. The van der Waals surface area contributed by atoms with Crippen molar-refractivity contribution in [2.45, 2.75) is 32.2 Å². The zero-order chi connectivity index (χ0) is 15.9. The molecule has 1 aromatic rings. The van der Waals surface area contributed by atoms with Crippen molar-refractivity contribution < 1.29 is 4.79 Å². The molecule has 0 aliphatic carbocycles. The number of carbonyl (C=O) groups excluding carboxylic acids is 1. The van der Waals surface area contributed by atoms with Crippen molar-refractivity contribution in [3.63, 3.8) is 0 Å². The summed E-state index contributed by atoms with van der Waals surface area (Å²) >= 11 is 0. The first-order valence-corrected chi connectivity index (χ1v) is 7.83. The lowest BCUT2D eigenvalue weighted by Gasteiger charge is -2.29. The van der Waals surface area contributed by atoms with Crippen LogP contribution in [0.2, 0.25) is 0 Å². The third kappa shape index (κ3) is 4.84. The SMILES string of the molecule is C[C@@H](CN1CCCCC1)NC(=O)Nc1cncnc1N(C)C. The highest BCUT2D eigenvalue weighted by Crippen LogP contribution is 2.18. The molecule has 2 heterocycles. The van der Waals surface area contributed by atoms with E-state index in [4.69, 9.17) is 0 Å². The van der Waals surface area contributed by atoms with Gasteiger partial charge in [-0.15, -0.1) is 0 Å². The summed E-state index contributed by atoms with van der Waals surface area (Å²) in [6, 6.07) is -0.118. The second kappa shape index (κ2) is 7.93. The Bertz CT molecular complexity index is 487. The molecule has 0 aromatic carbocycles. The van der Waals surface area contributed by atoms with E-state index in [0.717, 1.165) is 19.6 Å². The molecule has 0 spiro atoms. The second-order valence-corrected chi connectivity index (χ2v) is 6.02. The van der Waals surface area contributed by atoms with Crippen LogP contribution < -0.4 is 15.5 Å². The van der Waals surface area contributed by atoms with Gasteiger partial charge < -0.3 is 20.4 Å². The average molecular weight is 306 g/mol. The standard InChI is InChI=1S/C15H26N6O/c1-12(10-21-7-5-4-6-8-21)18-15(22)19-13-9-16-11-17-14(13)20(2)3/h9,11-12H,4-8,10H2,1-3H3,(H2,18,19,22)/t12-/m0/s1. The number of likely N-dealkylation sites (tertiary alicyclic amines) is 1. The highest BCUT2D eigenvalue weighted by atomic mass is 16.2. The lowest BCUT2D eigenvalue weighted by molar-refractivity contribution is 0.206. The molecule has 1 aliphatic heterocycles. The van der Waals surface area contributed by atoms with E-state index in [1.165, 1.54) is 25.6 Å². The van der Waals surface area contributed by atoms with Gasteiger partial charge in [0.1, 0.15) is 12.0 Å². The number of amides is 2. The number of nitrogens with one attached hydrogen (secondary N) is 2. The molecule has 7 heteroatoms. The first kappa shape index (κ1) is 16.5. The van der Waals surface area contributed by atoms with Gasteiger partial charge in [0, 0.05) is 26.7 Å². The summed E-state index contributed by atoms with van der Waals surface area (Å²) in [6.07, 6.45) is 6.91.